The number of nitrogens with zero attached hydrogens (tertiary/aromatic N) is 3. The molecule has 0 spiro atoms. The Hall–Kier alpha value is -3.97. The lowest BCUT2D eigenvalue weighted by atomic mass is 9.86. The van der Waals surface area contributed by atoms with Gasteiger partial charge in [0.25, 0.3) is 5.91 Å². The van der Waals surface area contributed by atoms with E-state index in [0.717, 1.165) is 59.3 Å². The highest BCUT2D eigenvalue weighted by Crippen LogP contribution is 2.31. The molecule has 4 N–H and O–H groups in total. The number of anilines is 3. The van der Waals surface area contributed by atoms with Crippen molar-refractivity contribution in [3.63, 3.8) is 0 Å². The van der Waals surface area contributed by atoms with Gasteiger partial charge in [-0.3, -0.25) is 4.79 Å². The molecular formula is C31H38N6O. The van der Waals surface area contributed by atoms with Crippen LogP contribution in [0.15, 0.2) is 66.9 Å². The Labute approximate surface area is 225 Å². The fourth-order valence-electron chi connectivity index (χ4n) is 4.31. The van der Waals surface area contributed by atoms with Gasteiger partial charge in [0, 0.05) is 23.7 Å². The van der Waals surface area contributed by atoms with E-state index in [1.165, 1.54) is 5.56 Å². The standard InChI is InChI=1S/C31H38N6O/c1-31(2,3)25-12-14-27(33-15-6-7-16-37(4)5)28(19-25)35-29(38)23-10-8-9-21(17-23)22-11-13-26-24(18-22)20-34-30(32)36-26/h8-14,17-20,33H,6-7,15-16H2,1-5H3,(H,35,38)(H2,32,34,36). The van der Waals surface area contributed by atoms with Gasteiger partial charge in [-0.25, -0.2) is 9.97 Å². The molecule has 4 rings (SSSR count). The van der Waals surface area contributed by atoms with Gasteiger partial charge in [0.1, 0.15) is 0 Å². The topological polar surface area (TPSA) is 96.2 Å². The van der Waals surface area contributed by atoms with Crippen LogP contribution in [0.4, 0.5) is 17.3 Å². The van der Waals surface area contributed by atoms with Gasteiger partial charge in [-0.2, -0.15) is 0 Å². The highest BCUT2D eigenvalue weighted by Gasteiger charge is 2.17. The largest absolute Gasteiger partial charge is 0.383 e. The van der Waals surface area contributed by atoms with Gasteiger partial charge in [-0.1, -0.05) is 45.0 Å². The molecule has 1 heterocycles. The van der Waals surface area contributed by atoms with E-state index in [2.05, 4.69) is 78.6 Å². The van der Waals surface area contributed by atoms with Crippen LogP contribution in [0.3, 0.4) is 0 Å². The van der Waals surface area contributed by atoms with Crippen LogP contribution < -0.4 is 16.4 Å². The predicted molar refractivity (Wildman–Crippen MR) is 159 cm³/mol. The minimum Gasteiger partial charge on any atom is -0.383 e. The van der Waals surface area contributed by atoms with E-state index in [4.69, 9.17) is 5.73 Å². The molecular weight excluding hydrogens is 472 g/mol. The lowest BCUT2D eigenvalue weighted by molar-refractivity contribution is 0.102. The maximum absolute atomic E-state index is 13.4. The summed E-state index contributed by atoms with van der Waals surface area (Å²) in [6, 6.07) is 19.9. The average molecular weight is 511 g/mol. The van der Waals surface area contributed by atoms with Crippen LogP contribution in [0.1, 0.15) is 49.5 Å². The lowest BCUT2D eigenvalue weighted by Crippen LogP contribution is -2.17. The summed E-state index contributed by atoms with van der Waals surface area (Å²) in [5, 5.41) is 7.59. The summed E-state index contributed by atoms with van der Waals surface area (Å²) in [6.07, 6.45) is 3.88. The third-order valence-corrected chi connectivity index (χ3v) is 6.54. The van der Waals surface area contributed by atoms with E-state index >= 15 is 0 Å². The smallest absolute Gasteiger partial charge is 0.255 e. The number of benzene rings is 3. The van der Waals surface area contributed by atoms with E-state index in [1.54, 1.807) is 6.20 Å². The number of fused-ring (bicyclic) bond motifs is 1. The Balaban J connectivity index is 1.55. The molecule has 198 valence electrons. The quantitative estimate of drug-likeness (QED) is 0.233. The SMILES string of the molecule is CN(C)CCCCNc1ccc(C(C)(C)C)cc1NC(=O)c1cccc(-c2ccc3nc(N)ncc3c2)c1. The highest BCUT2D eigenvalue weighted by molar-refractivity contribution is 6.06. The molecule has 0 unspecified atom stereocenters. The van der Waals surface area contributed by atoms with Crippen molar-refractivity contribution < 1.29 is 4.79 Å². The molecule has 0 saturated heterocycles. The fraction of sp³-hybridized carbons (Fsp3) is 0.323. The van der Waals surface area contributed by atoms with Gasteiger partial charge in [0.2, 0.25) is 5.95 Å². The molecule has 0 atom stereocenters. The second-order valence-electron chi connectivity index (χ2n) is 11.0. The van der Waals surface area contributed by atoms with Crippen molar-refractivity contribution in [1.29, 1.82) is 0 Å². The number of rotatable bonds is 9. The molecule has 0 radical (unpaired) electrons. The van der Waals surface area contributed by atoms with Gasteiger partial charge in [-0.05, 0) is 92.0 Å². The van der Waals surface area contributed by atoms with E-state index in [0.29, 0.717) is 5.56 Å². The Morgan fingerprint density at radius 1 is 0.947 bits per heavy atom. The zero-order chi connectivity index (χ0) is 27.3. The molecule has 38 heavy (non-hydrogen) atoms. The Kier molecular flexibility index (Phi) is 8.27. The first-order valence-electron chi connectivity index (χ1n) is 13.1. The highest BCUT2D eigenvalue weighted by atomic mass is 16.1. The Morgan fingerprint density at radius 2 is 1.74 bits per heavy atom. The predicted octanol–water partition coefficient (Wildman–Crippen LogP) is 6.18. The minimum atomic E-state index is -0.148. The summed E-state index contributed by atoms with van der Waals surface area (Å²) in [4.78, 5) is 24.0. The normalized spacial score (nSPS) is 11.6. The van der Waals surface area contributed by atoms with Crippen LogP contribution in [0.2, 0.25) is 0 Å². The van der Waals surface area contributed by atoms with Crippen LogP contribution in [-0.2, 0) is 5.41 Å². The molecule has 0 saturated carbocycles. The first-order valence-corrected chi connectivity index (χ1v) is 13.1. The summed E-state index contributed by atoms with van der Waals surface area (Å²) in [5.41, 5.74) is 11.9. The summed E-state index contributed by atoms with van der Waals surface area (Å²) >= 11 is 0. The molecule has 0 aliphatic rings. The summed E-state index contributed by atoms with van der Waals surface area (Å²) < 4.78 is 0. The van der Waals surface area contributed by atoms with Gasteiger partial charge in [0.05, 0.1) is 16.9 Å². The van der Waals surface area contributed by atoms with Crippen molar-refractivity contribution in [2.45, 2.75) is 39.0 Å². The molecule has 0 bridgehead atoms. The lowest BCUT2D eigenvalue weighted by Gasteiger charge is -2.22. The van der Waals surface area contributed by atoms with Crippen LogP contribution in [0.25, 0.3) is 22.0 Å². The van der Waals surface area contributed by atoms with Gasteiger partial charge < -0.3 is 21.3 Å². The van der Waals surface area contributed by atoms with Crippen molar-refractivity contribution in [3.05, 3.63) is 78.0 Å². The molecule has 4 aromatic rings. The first kappa shape index (κ1) is 27.1. The number of unbranched alkanes of at least 4 members (excludes halogenated alkanes) is 1. The number of carbonyl (C=O) groups excluding carboxylic acids is 1. The van der Waals surface area contributed by atoms with Crippen molar-refractivity contribution in [2.24, 2.45) is 0 Å². The van der Waals surface area contributed by atoms with Gasteiger partial charge in [0.15, 0.2) is 0 Å². The molecule has 1 aromatic heterocycles. The van der Waals surface area contributed by atoms with E-state index in [9.17, 15) is 4.79 Å². The van der Waals surface area contributed by atoms with Crippen molar-refractivity contribution in [3.8, 4) is 11.1 Å². The zero-order valence-corrected chi connectivity index (χ0v) is 23.0. The van der Waals surface area contributed by atoms with E-state index in [-0.39, 0.29) is 17.3 Å². The van der Waals surface area contributed by atoms with Crippen LogP contribution >= 0.6 is 0 Å². The molecule has 7 nitrogen and oxygen atoms in total. The number of aromatic nitrogens is 2. The number of nitrogen functional groups attached to an aromatic ring is 1. The number of hydrogen-bond donors (Lipinski definition) is 3. The number of amides is 1. The van der Waals surface area contributed by atoms with E-state index < -0.39 is 0 Å². The van der Waals surface area contributed by atoms with Crippen LogP contribution in [0, 0.1) is 0 Å². The molecule has 1 amide bonds. The molecule has 0 fully saturated rings. The first-order chi connectivity index (χ1) is 18.1. The van der Waals surface area contributed by atoms with Crippen molar-refractivity contribution in [1.82, 2.24) is 14.9 Å². The Bertz CT molecular complexity index is 1420. The van der Waals surface area contributed by atoms with E-state index in [1.807, 2.05) is 42.5 Å². The average Bonchev–Trinajstić information content (AvgIpc) is 2.88. The van der Waals surface area contributed by atoms with Crippen molar-refractivity contribution >= 4 is 34.1 Å². The minimum absolute atomic E-state index is 0.0336. The number of carbonyl (C=O) groups is 1. The second-order valence-corrected chi connectivity index (χ2v) is 11.0. The number of nitrogens with two attached hydrogens (primary N) is 1. The van der Waals surface area contributed by atoms with Crippen LogP contribution in [-0.4, -0.2) is 48.0 Å². The van der Waals surface area contributed by atoms with Gasteiger partial charge in [-0.15, -0.1) is 0 Å². The summed E-state index contributed by atoms with van der Waals surface area (Å²) in [7, 11) is 4.18. The third kappa shape index (κ3) is 6.86. The summed E-state index contributed by atoms with van der Waals surface area (Å²) in [5.74, 6) is 0.104. The van der Waals surface area contributed by atoms with Crippen molar-refractivity contribution in [2.75, 3.05) is 43.6 Å². The van der Waals surface area contributed by atoms with Gasteiger partial charge >= 0.3 is 0 Å². The van der Waals surface area contributed by atoms with Crippen LogP contribution in [0.5, 0.6) is 0 Å². The number of hydrogen-bond acceptors (Lipinski definition) is 6. The maximum Gasteiger partial charge on any atom is 0.255 e. The Morgan fingerprint density at radius 3 is 2.50 bits per heavy atom. The fourth-order valence-corrected chi connectivity index (χ4v) is 4.31. The monoisotopic (exact) mass is 510 g/mol. The zero-order valence-electron chi connectivity index (χ0n) is 23.0. The molecule has 0 aliphatic carbocycles. The molecule has 7 heteroatoms. The maximum atomic E-state index is 13.4. The molecule has 0 aliphatic heterocycles. The molecule has 3 aromatic carbocycles. The summed E-state index contributed by atoms with van der Waals surface area (Å²) in [6.45, 7) is 8.43. The number of nitrogens with one attached hydrogen (secondary N) is 2. The second kappa shape index (κ2) is 11.6. The third-order valence-electron chi connectivity index (χ3n) is 6.54.